The summed E-state index contributed by atoms with van der Waals surface area (Å²) in [5.41, 5.74) is 0. The van der Waals surface area contributed by atoms with Gasteiger partial charge in [-0.3, -0.25) is 14.5 Å². The standard InChI is InChI=1S/C6H10N2O2/c1-7-4-8-5(9)2-3-6(8)10/h7H,2-4H2,1H3. The zero-order chi connectivity index (χ0) is 7.56. The van der Waals surface area contributed by atoms with E-state index in [0.29, 0.717) is 19.5 Å². The largest absolute Gasteiger partial charge is 0.302 e. The molecule has 0 saturated carbocycles. The van der Waals surface area contributed by atoms with Crippen molar-refractivity contribution in [3.8, 4) is 0 Å². The van der Waals surface area contributed by atoms with Crippen LogP contribution >= 0.6 is 0 Å². The average Bonchev–Trinajstić information content (AvgIpc) is 2.20. The minimum Gasteiger partial charge on any atom is -0.302 e. The van der Waals surface area contributed by atoms with E-state index in [4.69, 9.17) is 0 Å². The number of imide groups is 1. The van der Waals surface area contributed by atoms with Gasteiger partial charge in [0.15, 0.2) is 0 Å². The van der Waals surface area contributed by atoms with Gasteiger partial charge in [0, 0.05) is 12.8 Å². The molecule has 0 aromatic rings. The molecule has 0 bridgehead atoms. The maximum Gasteiger partial charge on any atom is 0.230 e. The summed E-state index contributed by atoms with van der Waals surface area (Å²) in [6.45, 7) is 0.345. The highest BCUT2D eigenvalue weighted by molar-refractivity contribution is 6.01. The summed E-state index contributed by atoms with van der Waals surface area (Å²) in [6, 6.07) is 0. The highest BCUT2D eigenvalue weighted by atomic mass is 16.2. The van der Waals surface area contributed by atoms with Crippen LogP contribution in [0.4, 0.5) is 0 Å². The Hall–Kier alpha value is -0.900. The molecule has 2 amide bonds. The van der Waals surface area contributed by atoms with Crippen LogP contribution in [0, 0.1) is 0 Å². The van der Waals surface area contributed by atoms with E-state index in [2.05, 4.69) is 5.32 Å². The lowest BCUT2D eigenvalue weighted by atomic mass is 10.4. The van der Waals surface area contributed by atoms with Crippen molar-refractivity contribution in [2.75, 3.05) is 13.7 Å². The van der Waals surface area contributed by atoms with Crippen molar-refractivity contribution in [3.05, 3.63) is 0 Å². The van der Waals surface area contributed by atoms with Gasteiger partial charge in [0.2, 0.25) is 11.8 Å². The number of likely N-dealkylation sites (tertiary alicyclic amines) is 1. The fraction of sp³-hybridized carbons (Fsp3) is 0.667. The summed E-state index contributed by atoms with van der Waals surface area (Å²) >= 11 is 0. The van der Waals surface area contributed by atoms with Crippen LogP contribution in [0.25, 0.3) is 0 Å². The van der Waals surface area contributed by atoms with Crippen LogP contribution in [0.3, 0.4) is 0 Å². The lowest BCUT2D eigenvalue weighted by molar-refractivity contribution is -0.138. The van der Waals surface area contributed by atoms with E-state index in [-0.39, 0.29) is 11.8 Å². The Kier molecular flexibility index (Phi) is 2.01. The van der Waals surface area contributed by atoms with Gasteiger partial charge in [0.1, 0.15) is 0 Å². The molecule has 1 rings (SSSR count). The van der Waals surface area contributed by atoms with Crippen LogP contribution in [-0.2, 0) is 9.59 Å². The highest BCUT2D eigenvalue weighted by Crippen LogP contribution is 2.09. The molecule has 0 aromatic heterocycles. The molecular weight excluding hydrogens is 132 g/mol. The first kappa shape index (κ1) is 7.21. The Morgan fingerprint density at radius 2 is 1.90 bits per heavy atom. The molecule has 0 radical (unpaired) electrons. The molecule has 1 fully saturated rings. The van der Waals surface area contributed by atoms with E-state index in [1.54, 1.807) is 7.05 Å². The molecule has 1 aliphatic rings. The number of amides is 2. The lowest BCUT2D eigenvalue weighted by Gasteiger charge is -2.11. The molecule has 1 N–H and O–H groups in total. The van der Waals surface area contributed by atoms with Gasteiger partial charge in [-0.25, -0.2) is 0 Å². The zero-order valence-electron chi connectivity index (χ0n) is 5.89. The molecule has 10 heavy (non-hydrogen) atoms. The molecule has 56 valence electrons. The van der Waals surface area contributed by atoms with Gasteiger partial charge in [0.05, 0.1) is 6.67 Å². The van der Waals surface area contributed by atoms with E-state index >= 15 is 0 Å². The van der Waals surface area contributed by atoms with E-state index in [0.717, 1.165) is 0 Å². The quantitative estimate of drug-likeness (QED) is 0.519. The Balaban J connectivity index is 2.54. The number of nitrogens with zero attached hydrogens (tertiary/aromatic N) is 1. The summed E-state index contributed by atoms with van der Waals surface area (Å²) in [7, 11) is 1.71. The molecular formula is C6H10N2O2. The van der Waals surface area contributed by atoms with Crippen LogP contribution in [0.1, 0.15) is 12.8 Å². The van der Waals surface area contributed by atoms with Crippen molar-refractivity contribution < 1.29 is 9.59 Å². The molecule has 0 aromatic carbocycles. The summed E-state index contributed by atoms with van der Waals surface area (Å²) in [4.78, 5) is 22.9. The molecule has 4 heteroatoms. The van der Waals surface area contributed by atoms with Crippen molar-refractivity contribution in [1.29, 1.82) is 0 Å². The van der Waals surface area contributed by atoms with Crippen LogP contribution in [0.5, 0.6) is 0 Å². The van der Waals surface area contributed by atoms with E-state index in [1.165, 1.54) is 4.90 Å². The van der Waals surface area contributed by atoms with Crippen molar-refractivity contribution >= 4 is 11.8 Å². The fourth-order valence-electron chi connectivity index (χ4n) is 0.957. The molecule has 1 aliphatic heterocycles. The van der Waals surface area contributed by atoms with E-state index in [1.807, 2.05) is 0 Å². The maximum absolute atomic E-state index is 10.8. The molecule has 1 saturated heterocycles. The van der Waals surface area contributed by atoms with Crippen molar-refractivity contribution in [2.24, 2.45) is 0 Å². The Morgan fingerprint density at radius 3 is 2.30 bits per heavy atom. The fourth-order valence-corrected chi connectivity index (χ4v) is 0.957. The molecule has 0 unspecified atom stereocenters. The van der Waals surface area contributed by atoms with Crippen molar-refractivity contribution in [3.63, 3.8) is 0 Å². The van der Waals surface area contributed by atoms with Gasteiger partial charge in [-0.05, 0) is 7.05 Å². The van der Waals surface area contributed by atoms with Crippen molar-refractivity contribution in [1.82, 2.24) is 10.2 Å². The highest BCUT2D eigenvalue weighted by Gasteiger charge is 2.27. The Labute approximate surface area is 59.2 Å². The first-order valence-electron chi connectivity index (χ1n) is 3.23. The predicted molar refractivity (Wildman–Crippen MR) is 35.0 cm³/mol. The number of nitrogens with one attached hydrogen (secondary N) is 1. The smallest absolute Gasteiger partial charge is 0.230 e. The summed E-state index contributed by atoms with van der Waals surface area (Å²) in [6.07, 6.45) is 0.751. The second-order valence-electron chi connectivity index (χ2n) is 2.23. The third-order valence-corrected chi connectivity index (χ3v) is 1.47. The third kappa shape index (κ3) is 1.16. The number of hydrogen-bond donors (Lipinski definition) is 1. The van der Waals surface area contributed by atoms with Crippen LogP contribution in [0.15, 0.2) is 0 Å². The topological polar surface area (TPSA) is 49.4 Å². The van der Waals surface area contributed by atoms with Gasteiger partial charge >= 0.3 is 0 Å². The number of rotatable bonds is 2. The van der Waals surface area contributed by atoms with Gasteiger partial charge in [0.25, 0.3) is 0 Å². The van der Waals surface area contributed by atoms with Gasteiger partial charge in [-0.15, -0.1) is 0 Å². The second-order valence-corrected chi connectivity index (χ2v) is 2.23. The molecule has 0 spiro atoms. The summed E-state index contributed by atoms with van der Waals surface area (Å²) < 4.78 is 0. The number of carbonyl (C=O) groups excluding carboxylic acids is 2. The van der Waals surface area contributed by atoms with Gasteiger partial charge in [-0.1, -0.05) is 0 Å². The maximum atomic E-state index is 10.8. The van der Waals surface area contributed by atoms with E-state index in [9.17, 15) is 9.59 Å². The van der Waals surface area contributed by atoms with Gasteiger partial charge < -0.3 is 5.32 Å². The first-order valence-corrected chi connectivity index (χ1v) is 3.23. The molecule has 0 aliphatic carbocycles. The molecule has 4 nitrogen and oxygen atoms in total. The number of hydrogen-bond acceptors (Lipinski definition) is 3. The second kappa shape index (κ2) is 2.79. The monoisotopic (exact) mass is 142 g/mol. The first-order chi connectivity index (χ1) is 4.75. The van der Waals surface area contributed by atoms with E-state index < -0.39 is 0 Å². The third-order valence-electron chi connectivity index (χ3n) is 1.47. The predicted octanol–water partition coefficient (Wildman–Crippen LogP) is -0.688. The summed E-state index contributed by atoms with van der Waals surface area (Å²) in [5.74, 6) is -0.140. The normalized spacial score (nSPS) is 18.7. The minimum atomic E-state index is -0.0700. The molecule has 1 heterocycles. The Bertz CT molecular complexity index is 151. The average molecular weight is 142 g/mol. The van der Waals surface area contributed by atoms with Crippen LogP contribution in [-0.4, -0.2) is 30.4 Å². The summed E-state index contributed by atoms with van der Waals surface area (Å²) in [5, 5.41) is 2.75. The zero-order valence-corrected chi connectivity index (χ0v) is 5.89. The van der Waals surface area contributed by atoms with Crippen LogP contribution in [0.2, 0.25) is 0 Å². The van der Waals surface area contributed by atoms with Gasteiger partial charge in [-0.2, -0.15) is 0 Å². The van der Waals surface area contributed by atoms with Crippen LogP contribution < -0.4 is 5.32 Å². The van der Waals surface area contributed by atoms with Crippen molar-refractivity contribution in [2.45, 2.75) is 12.8 Å². The SMILES string of the molecule is CNCN1C(=O)CCC1=O. The lowest BCUT2D eigenvalue weighted by Crippen LogP contribution is -2.36. The molecule has 0 atom stereocenters. The Morgan fingerprint density at radius 1 is 1.40 bits per heavy atom. The number of carbonyl (C=O) groups is 2. The minimum absolute atomic E-state index is 0.0700.